The fraction of sp³-hybridized carbons (Fsp3) is 0.0588. The van der Waals surface area contributed by atoms with Gasteiger partial charge in [0.15, 0.2) is 0 Å². The number of benzene rings is 9. The zero-order chi connectivity index (χ0) is 34.6. The van der Waals surface area contributed by atoms with Gasteiger partial charge in [-0.2, -0.15) is 0 Å². The fourth-order valence-corrected chi connectivity index (χ4v) is 9.38. The second-order valence-corrected chi connectivity index (χ2v) is 14.8. The average Bonchev–Trinajstić information content (AvgIpc) is 3.69. The Morgan fingerprint density at radius 3 is 1.60 bits per heavy atom. The maximum Gasteiger partial charge on any atom is 0.143 e. The molecule has 0 radical (unpaired) electrons. The van der Waals surface area contributed by atoms with Gasteiger partial charge in [-0.3, -0.25) is 0 Å². The molecule has 0 unspecified atom stereocenters. The van der Waals surface area contributed by atoms with Gasteiger partial charge in [-0.05, 0) is 88.5 Å². The van der Waals surface area contributed by atoms with Gasteiger partial charge in [-0.1, -0.05) is 178 Å². The molecule has 0 bridgehead atoms. The second-order valence-electron chi connectivity index (χ2n) is 14.8. The zero-order valence-electron chi connectivity index (χ0n) is 29.1. The van der Waals surface area contributed by atoms with E-state index in [1.807, 2.05) is 12.1 Å². The SMILES string of the molecule is CC1(C)c2ccc3ccccc3c2-c2cccc(-c3c4ccccc4c(-c4ccc(-c5cccc6c5oc5ccccc56)cc4)c4ccccc34)c21. The number of furan rings is 1. The van der Waals surface area contributed by atoms with Crippen molar-refractivity contribution in [3.05, 3.63) is 181 Å². The molecular weight excluding hydrogens is 629 g/mol. The van der Waals surface area contributed by atoms with Crippen LogP contribution in [0.3, 0.4) is 0 Å². The normalized spacial score (nSPS) is 13.3. The van der Waals surface area contributed by atoms with Crippen molar-refractivity contribution in [1.29, 1.82) is 0 Å². The molecule has 1 heterocycles. The largest absolute Gasteiger partial charge is 0.455 e. The number of para-hydroxylation sites is 2. The van der Waals surface area contributed by atoms with E-state index in [1.54, 1.807) is 0 Å². The summed E-state index contributed by atoms with van der Waals surface area (Å²) in [4.78, 5) is 0. The van der Waals surface area contributed by atoms with E-state index >= 15 is 0 Å². The van der Waals surface area contributed by atoms with Gasteiger partial charge in [0, 0.05) is 21.8 Å². The molecule has 0 spiro atoms. The molecule has 11 rings (SSSR count). The summed E-state index contributed by atoms with van der Waals surface area (Å²) in [6, 6.07) is 62.3. The fourth-order valence-electron chi connectivity index (χ4n) is 9.38. The summed E-state index contributed by atoms with van der Waals surface area (Å²) in [5, 5.41) is 9.99. The van der Waals surface area contributed by atoms with E-state index in [4.69, 9.17) is 4.42 Å². The minimum atomic E-state index is -0.162. The molecule has 0 amide bonds. The molecule has 9 aromatic carbocycles. The maximum atomic E-state index is 6.41. The Balaban J connectivity index is 1.13. The predicted octanol–water partition coefficient (Wildman–Crippen LogP) is 14.4. The van der Waals surface area contributed by atoms with Gasteiger partial charge in [0.2, 0.25) is 0 Å². The Hall–Kier alpha value is -6.44. The topological polar surface area (TPSA) is 13.1 Å². The molecule has 0 atom stereocenters. The first-order chi connectivity index (χ1) is 25.6. The lowest BCUT2D eigenvalue weighted by Gasteiger charge is -2.26. The summed E-state index contributed by atoms with van der Waals surface area (Å²) in [7, 11) is 0. The molecular formula is C51H34O. The molecule has 244 valence electrons. The monoisotopic (exact) mass is 662 g/mol. The third-order valence-corrected chi connectivity index (χ3v) is 11.7. The lowest BCUT2D eigenvalue weighted by atomic mass is 9.76. The lowest BCUT2D eigenvalue weighted by Crippen LogP contribution is -2.16. The van der Waals surface area contributed by atoms with Gasteiger partial charge >= 0.3 is 0 Å². The van der Waals surface area contributed by atoms with E-state index in [9.17, 15) is 0 Å². The highest BCUT2D eigenvalue weighted by molar-refractivity contribution is 6.22. The van der Waals surface area contributed by atoms with E-state index in [-0.39, 0.29) is 5.41 Å². The highest BCUT2D eigenvalue weighted by Gasteiger charge is 2.39. The number of rotatable bonds is 3. The van der Waals surface area contributed by atoms with Crippen LogP contribution >= 0.6 is 0 Å². The summed E-state index contributed by atoms with van der Waals surface area (Å²) >= 11 is 0. The van der Waals surface area contributed by atoms with Crippen molar-refractivity contribution in [1.82, 2.24) is 0 Å². The molecule has 1 aliphatic carbocycles. The van der Waals surface area contributed by atoms with Crippen LogP contribution in [0.4, 0.5) is 0 Å². The van der Waals surface area contributed by atoms with E-state index in [2.05, 4.69) is 172 Å². The first kappa shape index (κ1) is 29.3. The minimum Gasteiger partial charge on any atom is -0.455 e. The van der Waals surface area contributed by atoms with Crippen molar-refractivity contribution in [3.8, 4) is 44.5 Å². The van der Waals surface area contributed by atoms with Crippen LogP contribution in [0.2, 0.25) is 0 Å². The second kappa shape index (κ2) is 10.8. The van der Waals surface area contributed by atoms with Gasteiger partial charge in [0.25, 0.3) is 0 Å². The Morgan fingerprint density at radius 2 is 0.885 bits per heavy atom. The summed E-state index contributed by atoms with van der Waals surface area (Å²) < 4.78 is 6.41. The van der Waals surface area contributed by atoms with Gasteiger partial charge in [-0.15, -0.1) is 0 Å². The highest BCUT2D eigenvalue weighted by atomic mass is 16.3. The first-order valence-corrected chi connectivity index (χ1v) is 18.2. The Kier molecular flexibility index (Phi) is 6.08. The van der Waals surface area contributed by atoms with Crippen molar-refractivity contribution in [3.63, 3.8) is 0 Å². The molecule has 1 heteroatoms. The van der Waals surface area contributed by atoms with E-state index in [0.717, 1.165) is 33.1 Å². The molecule has 10 aromatic rings. The van der Waals surface area contributed by atoms with Crippen LogP contribution in [0.5, 0.6) is 0 Å². The Morgan fingerprint density at radius 1 is 0.365 bits per heavy atom. The number of fused-ring (bicyclic) bond motifs is 10. The van der Waals surface area contributed by atoms with Crippen LogP contribution in [-0.2, 0) is 5.41 Å². The third-order valence-electron chi connectivity index (χ3n) is 11.7. The van der Waals surface area contributed by atoms with Crippen LogP contribution < -0.4 is 0 Å². The summed E-state index contributed by atoms with van der Waals surface area (Å²) in [6.07, 6.45) is 0. The van der Waals surface area contributed by atoms with Crippen molar-refractivity contribution < 1.29 is 4.42 Å². The third kappa shape index (κ3) is 3.99. The van der Waals surface area contributed by atoms with Gasteiger partial charge < -0.3 is 4.42 Å². The van der Waals surface area contributed by atoms with E-state index in [0.29, 0.717) is 0 Å². The van der Waals surface area contributed by atoms with Crippen molar-refractivity contribution in [2.45, 2.75) is 19.3 Å². The van der Waals surface area contributed by atoms with Crippen LogP contribution in [-0.4, -0.2) is 0 Å². The van der Waals surface area contributed by atoms with E-state index in [1.165, 1.54) is 76.8 Å². The smallest absolute Gasteiger partial charge is 0.143 e. The first-order valence-electron chi connectivity index (χ1n) is 18.2. The molecule has 0 fully saturated rings. The van der Waals surface area contributed by atoms with Gasteiger partial charge in [-0.25, -0.2) is 0 Å². The molecule has 1 nitrogen and oxygen atoms in total. The van der Waals surface area contributed by atoms with Crippen LogP contribution in [0.25, 0.3) is 98.8 Å². The molecule has 0 aliphatic heterocycles. The molecule has 0 saturated carbocycles. The average molecular weight is 663 g/mol. The lowest BCUT2D eigenvalue weighted by molar-refractivity contribution is 0.663. The summed E-state index contributed by atoms with van der Waals surface area (Å²) in [6.45, 7) is 4.81. The van der Waals surface area contributed by atoms with Crippen molar-refractivity contribution >= 4 is 54.3 Å². The Labute approximate surface area is 302 Å². The predicted molar refractivity (Wildman–Crippen MR) is 220 cm³/mol. The standard InChI is InChI=1S/C51H34O/c1-51(2)44-30-29-31-13-3-4-14-34(31)48(44)43-23-12-22-42(49(43)51)47-39-18-7-5-16-37(39)46(38-17-6-8-19-40(38)47)33-27-25-32(26-28-33)35-20-11-21-41-36-15-9-10-24-45(36)52-50(35)41/h3-30H,1-2H3. The molecule has 52 heavy (non-hydrogen) atoms. The van der Waals surface area contributed by atoms with Gasteiger partial charge in [0.1, 0.15) is 11.2 Å². The minimum absolute atomic E-state index is 0.162. The summed E-state index contributed by atoms with van der Waals surface area (Å²) in [5.74, 6) is 0. The molecule has 0 N–H and O–H groups in total. The van der Waals surface area contributed by atoms with Crippen LogP contribution in [0.15, 0.2) is 174 Å². The van der Waals surface area contributed by atoms with Crippen molar-refractivity contribution in [2.24, 2.45) is 0 Å². The molecule has 1 aliphatic rings. The Bertz CT molecular complexity index is 3030. The zero-order valence-corrected chi connectivity index (χ0v) is 29.1. The van der Waals surface area contributed by atoms with Crippen LogP contribution in [0, 0.1) is 0 Å². The maximum absolute atomic E-state index is 6.41. The molecule has 0 saturated heterocycles. The number of hydrogen-bond donors (Lipinski definition) is 0. The van der Waals surface area contributed by atoms with Crippen molar-refractivity contribution in [2.75, 3.05) is 0 Å². The summed E-state index contributed by atoms with van der Waals surface area (Å²) in [5.41, 5.74) is 14.6. The quantitative estimate of drug-likeness (QED) is 0.172. The van der Waals surface area contributed by atoms with Gasteiger partial charge in [0.05, 0.1) is 0 Å². The highest BCUT2D eigenvalue weighted by Crippen LogP contribution is 2.56. The molecule has 1 aromatic heterocycles. The van der Waals surface area contributed by atoms with E-state index < -0.39 is 0 Å². The van der Waals surface area contributed by atoms with Crippen LogP contribution in [0.1, 0.15) is 25.0 Å². The number of hydrogen-bond acceptors (Lipinski definition) is 1.